The molecule has 1 atom stereocenters. The number of hydrogen-bond donors (Lipinski definition) is 1. The molecule has 0 aliphatic carbocycles. The highest BCUT2D eigenvalue weighted by molar-refractivity contribution is 6.30. The first kappa shape index (κ1) is 17.1. The molecule has 0 saturated carbocycles. The maximum Gasteiger partial charge on any atom is 0.232 e. The summed E-state index contributed by atoms with van der Waals surface area (Å²) < 4.78 is 13.0. The number of carbonyl (C=O) groups is 1. The maximum atomic E-state index is 13.0. The van der Waals surface area contributed by atoms with E-state index in [-0.39, 0.29) is 11.7 Å². The van der Waals surface area contributed by atoms with Crippen LogP contribution in [0.4, 0.5) is 10.1 Å². The zero-order valence-electron chi connectivity index (χ0n) is 13.3. The molecule has 1 unspecified atom stereocenters. The predicted molar refractivity (Wildman–Crippen MR) is 97.2 cm³/mol. The van der Waals surface area contributed by atoms with Gasteiger partial charge in [-0.25, -0.2) is 4.39 Å². The van der Waals surface area contributed by atoms with Crippen molar-refractivity contribution < 1.29 is 9.18 Å². The van der Waals surface area contributed by atoms with Gasteiger partial charge in [0.2, 0.25) is 5.91 Å². The second-order valence-electron chi connectivity index (χ2n) is 5.66. The molecule has 0 fully saturated rings. The quantitative estimate of drug-likeness (QED) is 0.712. The lowest BCUT2D eigenvalue weighted by molar-refractivity contribution is -0.117. The second-order valence-corrected chi connectivity index (χ2v) is 6.10. The number of aromatic nitrogens is 1. The molecular formula is C20H16ClFN2O. The Bertz CT molecular complexity index is 836. The number of benzene rings is 2. The summed E-state index contributed by atoms with van der Waals surface area (Å²) in [5, 5.41) is 3.46. The van der Waals surface area contributed by atoms with Gasteiger partial charge in [0.15, 0.2) is 0 Å². The molecule has 0 spiro atoms. The van der Waals surface area contributed by atoms with Crippen molar-refractivity contribution in [3.05, 3.63) is 95.0 Å². The van der Waals surface area contributed by atoms with Gasteiger partial charge in [0.25, 0.3) is 0 Å². The van der Waals surface area contributed by atoms with E-state index in [0.29, 0.717) is 17.1 Å². The van der Waals surface area contributed by atoms with Crippen LogP contribution >= 0.6 is 11.6 Å². The van der Waals surface area contributed by atoms with Crippen LogP contribution in [-0.4, -0.2) is 10.9 Å². The monoisotopic (exact) mass is 354 g/mol. The Kier molecular flexibility index (Phi) is 5.41. The minimum atomic E-state index is -0.398. The minimum Gasteiger partial charge on any atom is -0.326 e. The molecule has 1 N–H and O–H groups in total. The third-order valence-electron chi connectivity index (χ3n) is 3.89. The Labute approximate surface area is 150 Å². The van der Waals surface area contributed by atoms with E-state index >= 15 is 0 Å². The first-order valence-electron chi connectivity index (χ1n) is 7.82. The van der Waals surface area contributed by atoms with Crippen LogP contribution in [-0.2, 0) is 11.2 Å². The SMILES string of the molecule is O=C(Nc1ccc(F)cc1)C(Cc1ccncc1)c1ccc(Cl)cc1. The van der Waals surface area contributed by atoms with Crippen LogP contribution in [0.15, 0.2) is 73.1 Å². The average molecular weight is 355 g/mol. The standard InChI is InChI=1S/C20H16ClFN2O/c21-16-3-1-15(2-4-16)19(13-14-9-11-23-12-10-14)20(25)24-18-7-5-17(22)6-8-18/h1-12,19H,13H2,(H,24,25). The van der Waals surface area contributed by atoms with Crippen molar-refractivity contribution in [2.75, 3.05) is 5.32 Å². The van der Waals surface area contributed by atoms with Crippen molar-refractivity contribution in [2.24, 2.45) is 0 Å². The fourth-order valence-electron chi connectivity index (χ4n) is 2.57. The summed E-state index contributed by atoms with van der Waals surface area (Å²) in [4.78, 5) is 16.8. The van der Waals surface area contributed by atoms with Gasteiger partial charge in [-0.2, -0.15) is 0 Å². The van der Waals surface area contributed by atoms with Gasteiger partial charge in [-0.05, 0) is 66.1 Å². The van der Waals surface area contributed by atoms with E-state index in [1.54, 1.807) is 36.7 Å². The Balaban J connectivity index is 1.85. The third-order valence-corrected chi connectivity index (χ3v) is 4.14. The molecule has 0 radical (unpaired) electrons. The molecule has 5 heteroatoms. The number of nitrogens with one attached hydrogen (secondary N) is 1. The van der Waals surface area contributed by atoms with Gasteiger partial charge < -0.3 is 5.32 Å². The van der Waals surface area contributed by atoms with Crippen LogP contribution in [0.1, 0.15) is 17.0 Å². The van der Waals surface area contributed by atoms with Crippen LogP contribution in [0.3, 0.4) is 0 Å². The summed E-state index contributed by atoms with van der Waals surface area (Å²) in [6.45, 7) is 0. The Morgan fingerprint density at radius 1 is 1.00 bits per heavy atom. The van der Waals surface area contributed by atoms with E-state index in [2.05, 4.69) is 10.3 Å². The van der Waals surface area contributed by atoms with E-state index in [1.165, 1.54) is 12.1 Å². The number of carbonyl (C=O) groups excluding carboxylic acids is 1. The molecule has 1 aromatic heterocycles. The molecule has 3 rings (SSSR count). The molecule has 126 valence electrons. The van der Waals surface area contributed by atoms with Crippen LogP contribution in [0.5, 0.6) is 0 Å². The summed E-state index contributed by atoms with van der Waals surface area (Å²) >= 11 is 5.96. The van der Waals surface area contributed by atoms with Gasteiger partial charge in [-0.3, -0.25) is 9.78 Å². The molecule has 0 aliphatic rings. The van der Waals surface area contributed by atoms with Gasteiger partial charge in [-0.1, -0.05) is 23.7 Å². The van der Waals surface area contributed by atoms with E-state index in [0.717, 1.165) is 11.1 Å². The number of amides is 1. The number of anilines is 1. The molecule has 3 nitrogen and oxygen atoms in total. The van der Waals surface area contributed by atoms with E-state index in [1.807, 2.05) is 24.3 Å². The summed E-state index contributed by atoms with van der Waals surface area (Å²) in [5.74, 6) is -0.903. The average Bonchev–Trinajstić information content (AvgIpc) is 2.63. The van der Waals surface area contributed by atoms with Crippen LogP contribution < -0.4 is 5.32 Å². The third kappa shape index (κ3) is 4.64. The largest absolute Gasteiger partial charge is 0.326 e. The van der Waals surface area contributed by atoms with Gasteiger partial charge >= 0.3 is 0 Å². The van der Waals surface area contributed by atoms with Gasteiger partial charge in [0.1, 0.15) is 5.82 Å². The molecule has 0 saturated heterocycles. The van der Waals surface area contributed by atoms with Crippen LogP contribution in [0.2, 0.25) is 5.02 Å². The molecule has 0 aliphatic heterocycles. The second kappa shape index (κ2) is 7.90. The first-order valence-corrected chi connectivity index (χ1v) is 8.20. The number of pyridine rings is 1. The topological polar surface area (TPSA) is 42.0 Å². The highest BCUT2D eigenvalue weighted by Gasteiger charge is 2.21. The molecular weight excluding hydrogens is 339 g/mol. The van der Waals surface area contributed by atoms with Crippen molar-refractivity contribution >= 4 is 23.2 Å². The molecule has 3 aromatic rings. The molecule has 0 bridgehead atoms. The van der Waals surface area contributed by atoms with E-state index in [9.17, 15) is 9.18 Å². The molecule has 25 heavy (non-hydrogen) atoms. The van der Waals surface area contributed by atoms with E-state index in [4.69, 9.17) is 11.6 Å². The van der Waals surface area contributed by atoms with Crippen LogP contribution in [0.25, 0.3) is 0 Å². The van der Waals surface area contributed by atoms with E-state index < -0.39 is 5.92 Å². The zero-order valence-corrected chi connectivity index (χ0v) is 14.1. The number of hydrogen-bond acceptors (Lipinski definition) is 2. The molecule has 2 aromatic carbocycles. The fourth-order valence-corrected chi connectivity index (χ4v) is 2.70. The van der Waals surface area contributed by atoms with Gasteiger partial charge in [0, 0.05) is 23.1 Å². The first-order chi connectivity index (χ1) is 12.1. The van der Waals surface area contributed by atoms with Crippen molar-refractivity contribution in [1.82, 2.24) is 4.98 Å². The minimum absolute atomic E-state index is 0.161. The van der Waals surface area contributed by atoms with Gasteiger partial charge in [-0.15, -0.1) is 0 Å². The number of nitrogens with zero attached hydrogens (tertiary/aromatic N) is 1. The Morgan fingerprint density at radius 2 is 1.64 bits per heavy atom. The summed E-state index contributed by atoms with van der Waals surface area (Å²) in [5.41, 5.74) is 2.42. The lowest BCUT2D eigenvalue weighted by Gasteiger charge is -2.18. The molecule has 1 heterocycles. The lowest BCUT2D eigenvalue weighted by atomic mass is 9.91. The smallest absolute Gasteiger partial charge is 0.232 e. The number of halogens is 2. The lowest BCUT2D eigenvalue weighted by Crippen LogP contribution is -2.23. The fraction of sp³-hybridized carbons (Fsp3) is 0.100. The van der Waals surface area contributed by atoms with Crippen molar-refractivity contribution in [1.29, 1.82) is 0 Å². The normalized spacial score (nSPS) is 11.8. The highest BCUT2D eigenvalue weighted by atomic mass is 35.5. The van der Waals surface area contributed by atoms with Gasteiger partial charge in [0.05, 0.1) is 5.92 Å². The summed E-state index contributed by atoms with van der Waals surface area (Å²) in [7, 11) is 0. The van der Waals surface area contributed by atoms with Crippen LogP contribution in [0, 0.1) is 5.82 Å². The number of rotatable bonds is 5. The zero-order chi connectivity index (χ0) is 17.6. The highest BCUT2D eigenvalue weighted by Crippen LogP contribution is 2.24. The van der Waals surface area contributed by atoms with Crippen molar-refractivity contribution in [3.63, 3.8) is 0 Å². The Hall–Kier alpha value is -2.72. The van der Waals surface area contributed by atoms with Crippen molar-refractivity contribution in [2.45, 2.75) is 12.3 Å². The maximum absolute atomic E-state index is 13.0. The summed E-state index contributed by atoms with van der Waals surface area (Å²) in [6.07, 6.45) is 3.93. The Morgan fingerprint density at radius 3 is 2.28 bits per heavy atom. The summed E-state index contributed by atoms with van der Waals surface area (Å²) in [6, 6.07) is 16.7. The molecule has 1 amide bonds. The predicted octanol–water partition coefficient (Wildman–Crippen LogP) is 4.84. The van der Waals surface area contributed by atoms with Crippen molar-refractivity contribution in [3.8, 4) is 0 Å².